The first kappa shape index (κ1) is 15.6. The molecule has 0 bridgehead atoms. The van der Waals surface area contributed by atoms with Crippen molar-refractivity contribution in [3.05, 3.63) is 29.5 Å². The van der Waals surface area contributed by atoms with Crippen molar-refractivity contribution in [2.45, 2.75) is 40.5 Å². The second-order valence-electron chi connectivity index (χ2n) is 5.76. The molecule has 2 rings (SSSR count). The number of pyridine rings is 1. The minimum Gasteiger partial charge on any atom is -0.387 e. The predicted molar refractivity (Wildman–Crippen MR) is 93.7 cm³/mol. The summed E-state index contributed by atoms with van der Waals surface area (Å²) in [5, 5.41) is 4.62. The van der Waals surface area contributed by atoms with Gasteiger partial charge in [0.15, 0.2) is 0 Å². The number of benzene rings is 1. The van der Waals surface area contributed by atoms with Crippen molar-refractivity contribution in [1.29, 1.82) is 0 Å². The lowest BCUT2D eigenvalue weighted by Crippen LogP contribution is -2.21. The first-order valence-electron chi connectivity index (χ1n) is 7.90. The zero-order valence-corrected chi connectivity index (χ0v) is 14.1. The Morgan fingerprint density at radius 3 is 2.38 bits per heavy atom. The minimum absolute atomic E-state index is 0.460. The Morgan fingerprint density at radius 1 is 1.19 bits per heavy atom. The highest BCUT2D eigenvalue weighted by Gasteiger charge is 2.15. The van der Waals surface area contributed by atoms with E-state index in [1.165, 1.54) is 22.3 Å². The molecule has 0 atom stereocenters. The van der Waals surface area contributed by atoms with Gasteiger partial charge in [-0.05, 0) is 50.5 Å². The normalized spacial score (nSPS) is 11.2. The maximum atomic E-state index is 4.80. The Bertz CT molecular complexity index is 628. The van der Waals surface area contributed by atoms with E-state index < -0.39 is 0 Å². The summed E-state index contributed by atoms with van der Waals surface area (Å²) in [6, 6.07) is 6.59. The van der Waals surface area contributed by atoms with E-state index in [0.29, 0.717) is 5.92 Å². The van der Waals surface area contributed by atoms with Gasteiger partial charge in [0.1, 0.15) is 0 Å². The van der Waals surface area contributed by atoms with Gasteiger partial charge in [-0.3, -0.25) is 4.98 Å². The SMILES string of the molecule is CCN(CC)c1ccc2nc(C)c(C(C)C)c(NC)c2c1. The molecule has 0 saturated carbocycles. The highest BCUT2D eigenvalue weighted by molar-refractivity contribution is 5.95. The van der Waals surface area contributed by atoms with Crippen molar-refractivity contribution in [2.24, 2.45) is 0 Å². The molecule has 114 valence electrons. The molecule has 0 aliphatic heterocycles. The van der Waals surface area contributed by atoms with Gasteiger partial charge in [0.2, 0.25) is 0 Å². The molecule has 0 unspecified atom stereocenters. The van der Waals surface area contributed by atoms with Crippen LogP contribution in [0.2, 0.25) is 0 Å². The van der Waals surface area contributed by atoms with Gasteiger partial charge in [0.25, 0.3) is 0 Å². The van der Waals surface area contributed by atoms with E-state index in [1.807, 2.05) is 7.05 Å². The van der Waals surface area contributed by atoms with Gasteiger partial charge in [-0.15, -0.1) is 0 Å². The highest BCUT2D eigenvalue weighted by Crippen LogP contribution is 2.35. The van der Waals surface area contributed by atoms with Crippen molar-refractivity contribution in [2.75, 3.05) is 30.4 Å². The Hall–Kier alpha value is -1.77. The Labute approximate surface area is 128 Å². The van der Waals surface area contributed by atoms with Crippen molar-refractivity contribution in [3.8, 4) is 0 Å². The van der Waals surface area contributed by atoms with Crippen molar-refractivity contribution >= 4 is 22.3 Å². The number of hydrogen-bond donors (Lipinski definition) is 1. The van der Waals surface area contributed by atoms with Crippen LogP contribution in [0.1, 0.15) is 44.9 Å². The van der Waals surface area contributed by atoms with Crippen LogP contribution < -0.4 is 10.2 Å². The summed E-state index contributed by atoms with van der Waals surface area (Å²) in [7, 11) is 2.00. The van der Waals surface area contributed by atoms with Gasteiger partial charge >= 0.3 is 0 Å². The molecule has 0 amide bonds. The molecular weight excluding hydrogens is 258 g/mol. The fraction of sp³-hybridized carbons (Fsp3) is 0.500. The van der Waals surface area contributed by atoms with Crippen molar-refractivity contribution < 1.29 is 0 Å². The fourth-order valence-corrected chi connectivity index (χ4v) is 3.15. The van der Waals surface area contributed by atoms with Gasteiger partial charge in [-0.25, -0.2) is 0 Å². The summed E-state index contributed by atoms with van der Waals surface area (Å²) in [6.45, 7) is 13.0. The first-order chi connectivity index (χ1) is 10.0. The van der Waals surface area contributed by atoms with Gasteiger partial charge in [-0.2, -0.15) is 0 Å². The average molecular weight is 285 g/mol. The Morgan fingerprint density at radius 2 is 1.86 bits per heavy atom. The van der Waals surface area contributed by atoms with Crippen LogP contribution in [-0.2, 0) is 0 Å². The van der Waals surface area contributed by atoms with Crippen molar-refractivity contribution in [3.63, 3.8) is 0 Å². The largest absolute Gasteiger partial charge is 0.387 e. The number of aromatic nitrogens is 1. The van der Waals surface area contributed by atoms with E-state index in [0.717, 1.165) is 24.3 Å². The quantitative estimate of drug-likeness (QED) is 0.873. The van der Waals surface area contributed by atoms with Crippen LogP contribution in [-0.4, -0.2) is 25.1 Å². The van der Waals surface area contributed by atoms with E-state index in [1.54, 1.807) is 0 Å². The zero-order valence-electron chi connectivity index (χ0n) is 14.1. The molecule has 0 fully saturated rings. The van der Waals surface area contributed by atoms with E-state index in [4.69, 9.17) is 4.98 Å². The molecule has 3 heteroatoms. The van der Waals surface area contributed by atoms with E-state index in [9.17, 15) is 0 Å². The molecule has 1 aromatic carbocycles. The third-order valence-electron chi connectivity index (χ3n) is 4.15. The summed E-state index contributed by atoms with van der Waals surface area (Å²) < 4.78 is 0. The summed E-state index contributed by atoms with van der Waals surface area (Å²) in [6.07, 6.45) is 0. The zero-order chi connectivity index (χ0) is 15.6. The molecule has 21 heavy (non-hydrogen) atoms. The number of nitrogens with one attached hydrogen (secondary N) is 1. The van der Waals surface area contributed by atoms with Gasteiger partial charge < -0.3 is 10.2 Å². The lowest BCUT2D eigenvalue weighted by Gasteiger charge is -2.23. The standard InChI is InChI=1S/C18H27N3/c1-7-21(8-2)14-9-10-16-15(11-14)18(19-6)17(12(3)4)13(5)20-16/h9-12H,7-8H2,1-6H3,(H,19,20). The second-order valence-corrected chi connectivity index (χ2v) is 5.76. The topological polar surface area (TPSA) is 28.2 Å². The third-order valence-corrected chi connectivity index (χ3v) is 4.15. The van der Waals surface area contributed by atoms with Crippen LogP contribution >= 0.6 is 0 Å². The molecule has 2 aromatic rings. The van der Waals surface area contributed by atoms with Gasteiger partial charge in [0, 0.05) is 42.6 Å². The molecule has 1 heterocycles. The molecule has 0 aliphatic carbocycles. The second kappa shape index (κ2) is 6.33. The Kier molecular flexibility index (Phi) is 4.71. The predicted octanol–water partition coefficient (Wildman–Crippen LogP) is 4.55. The lowest BCUT2D eigenvalue weighted by molar-refractivity contribution is 0.849. The third kappa shape index (κ3) is 2.82. The van der Waals surface area contributed by atoms with Gasteiger partial charge in [-0.1, -0.05) is 13.8 Å². The molecule has 1 N–H and O–H groups in total. The molecule has 0 spiro atoms. The lowest BCUT2D eigenvalue weighted by atomic mass is 9.96. The maximum Gasteiger partial charge on any atom is 0.0727 e. The van der Waals surface area contributed by atoms with Crippen LogP contribution in [0.25, 0.3) is 10.9 Å². The summed E-state index contributed by atoms with van der Waals surface area (Å²) in [5.74, 6) is 0.460. The number of fused-ring (bicyclic) bond motifs is 1. The van der Waals surface area contributed by atoms with Crippen LogP contribution in [0.5, 0.6) is 0 Å². The van der Waals surface area contributed by atoms with Crippen LogP contribution in [0.4, 0.5) is 11.4 Å². The van der Waals surface area contributed by atoms with E-state index >= 15 is 0 Å². The average Bonchev–Trinajstić information content (AvgIpc) is 2.46. The Balaban J connectivity index is 2.72. The number of nitrogens with zero attached hydrogens (tertiary/aromatic N) is 2. The first-order valence-corrected chi connectivity index (χ1v) is 7.90. The highest BCUT2D eigenvalue weighted by atomic mass is 15.1. The monoisotopic (exact) mass is 285 g/mol. The molecular formula is C18H27N3. The van der Waals surface area contributed by atoms with Crippen LogP contribution in [0.3, 0.4) is 0 Å². The van der Waals surface area contributed by atoms with Gasteiger partial charge in [0.05, 0.1) is 5.52 Å². The molecule has 0 aliphatic rings. The fourth-order valence-electron chi connectivity index (χ4n) is 3.15. The number of rotatable bonds is 5. The van der Waals surface area contributed by atoms with E-state index in [2.05, 4.69) is 63.0 Å². The van der Waals surface area contributed by atoms with Crippen LogP contribution in [0.15, 0.2) is 18.2 Å². The van der Waals surface area contributed by atoms with Crippen LogP contribution in [0, 0.1) is 6.92 Å². The molecule has 3 nitrogen and oxygen atoms in total. The molecule has 1 aromatic heterocycles. The molecule has 0 radical (unpaired) electrons. The smallest absolute Gasteiger partial charge is 0.0727 e. The summed E-state index contributed by atoms with van der Waals surface area (Å²) >= 11 is 0. The number of aryl methyl sites for hydroxylation is 1. The summed E-state index contributed by atoms with van der Waals surface area (Å²) in [4.78, 5) is 7.17. The maximum absolute atomic E-state index is 4.80. The van der Waals surface area contributed by atoms with E-state index in [-0.39, 0.29) is 0 Å². The molecule has 0 saturated heterocycles. The minimum atomic E-state index is 0.460. The number of anilines is 2. The summed E-state index contributed by atoms with van der Waals surface area (Å²) in [5.41, 5.74) is 6.00. The van der Waals surface area contributed by atoms with Crippen molar-refractivity contribution in [1.82, 2.24) is 4.98 Å². The number of hydrogen-bond acceptors (Lipinski definition) is 3.